The van der Waals surface area contributed by atoms with Crippen LogP contribution < -0.4 is 22.1 Å². The van der Waals surface area contributed by atoms with Gasteiger partial charge in [0.05, 0.1) is 11.4 Å². The number of anilines is 2. The zero-order valence-corrected chi connectivity index (χ0v) is 10.0. The Kier molecular flexibility index (Phi) is 3.07. The molecule has 0 bridgehead atoms. The van der Waals surface area contributed by atoms with Crippen LogP contribution in [0.2, 0.25) is 0 Å². The van der Waals surface area contributed by atoms with Gasteiger partial charge in [0.15, 0.2) is 0 Å². The number of phenolic OH excluding ortho intramolecular Hbond substituents is 2. The molecule has 88 valence electrons. The van der Waals surface area contributed by atoms with E-state index < -0.39 is 0 Å². The third-order valence-electron chi connectivity index (χ3n) is 2.34. The molecule has 0 amide bonds. The molecule has 0 aliphatic carbocycles. The van der Waals surface area contributed by atoms with Crippen LogP contribution in [-0.2, 0) is 0 Å². The smallest absolute Gasteiger partial charge is 0.138 e. The number of benzene rings is 2. The van der Waals surface area contributed by atoms with Gasteiger partial charge in [0.2, 0.25) is 0 Å². The minimum absolute atomic E-state index is 0.0868. The van der Waals surface area contributed by atoms with Crippen molar-refractivity contribution in [2.24, 2.45) is 0 Å². The van der Waals surface area contributed by atoms with Crippen LogP contribution in [0.1, 0.15) is 0 Å². The molecule has 17 heavy (non-hydrogen) atoms. The van der Waals surface area contributed by atoms with E-state index >= 15 is 0 Å². The normalized spacial score (nSPS) is 10.4. The van der Waals surface area contributed by atoms with E-state index in [2.05, 4.69) is 0 Å². The van der Waals surface area contributed by atoms with E-state index in [1.54, 1.807) is 24.3 Å². The third kappa shape index (κ3) is 2.60. The number of hydrogen-bond acceptors (Lipinski definition) is 4. The van der Waals surface area contributed by atoms with Gasteiger partial charge >= 0.3 is 0 Å². The first-order valence-electron chi connectivity index (χ1n) is 5.00. The molecule has 0 saturated carbocycles. The van der Waals surface area contributed by atoms with Crippen LogP contribution in [0.15, 0.2) is 36.4 Å². The quantitative estimate of drug-likeness (QED) is 0.361. The summed E-state index contributed by atoms with van der Waals surface area (Å²) in [5, 5.41) is 20.6. The molecule has 0 atom stereocenters. The lowest BCUT2D eigenvalue weighted by Crippen LogP contribution is -2.05. The fourth-order valence-corrected chi connectivity index (χ4v) is 2.55. The van der Waals surface area contributed by atoms with Gasteiger partial charge in [-0.25, -0.2) is 0 Å². The first-order chi connectivity index (χ1) is 8.06. The number of rotatable bonds is 2. The van der Waals surface area contributed by atoms with Crippen molar-refractivity contribution in [1.82, 2.24) is 0 Å². The van der Waals surface area contributed by atoms with Crippen molar-refractivity contribution in [2.75, 3.05) is 11.5 Å². The average Bonchev–Trinajstić information content (AvgIpc) is 2.29. The molecule has 0 unspecified atom stereocenters. The molecule has 2 aromatic carbocycles. The van der Waals surface area contributed by atoms with Gasteiger partial charge in [0.25, 0.3) is 0 Å². The summed E-state index contributed by atoms with van der Waals surface area (Å²) in [4.78, 5) is 0. The Morgan fingerprint density at radius 2 is 1.18 bits per heavy atom. The maximum Gasteiger partial charge on any atom is 0.138 e. The Morgan fingerprint density at radius 3 is 1.53 bits per heavy atom. The maximum absolute atomic E-state index is 9.32. The summed E-state index contributed by atoms with van der Waals surface area (Å²) in [5.74, 6) is 0.174. The van der Waals surface area contributed by atoms with E-state index in [0.717, 1.165) is 10.6 Å². The van der Waals surface area contributed by atoms with Gasteiger partial charge in [-0.3, -0.25) is 0 Å². The molecule has 2 aromatic rings. The number of phenols is 2. The molecule has 6 N–H and O–H groups in total. The molecule has 0 spiro atoms. The van der Waals surface area contributed by atoms with E-state index in [4.69, 9.17) is 11.5 Å². The van der Waals surface area contributed by atoms with E-state index in [9.17, 15) is 10.2 Å². The lowest BCUT2D eigenvalue weighted by molar-refractivity contribution is 0.477. The van der Waals surface area contributed by atoms with Gasteiger partial charge in [0, 0.05) is 0 Å². The molecular formula is C12H13N2O2P. The molecular weight excluding hydrogens is 235 g/mol. The highest BCUT2D eigenvalue weighted by molar-refractivity contribution is 7.55. The Morgan fingerprint density at radius 1 is 0.765 bits per heavy atom. The summed E-state index contributed by atoms with van der Waals surface area (Å²) in [6.45, 7) is 0. The number of nitrogens with two attached hydrogens (primary N) is 2. The second-order valence-corrected chi connectivity index (χ2v) is 5.08. The highest BCUT2D eigenvalue weighted by Gasteiger charge is 2.02. The SMILES string of the molecule is Nc1cc(Pc2ccc(O)c(N)c2)ccc1O. The third-order valence-corrected chi connectivity index (χ3v) is 3.54. The van der Waals surface area contributed by atoms with Crippen molar-refractivity contribution >= 4 is 30.6 Å². The van der Waals surface area contributed by atoms with Crippen LogP contribution in [0.25, 0.3) is 0 Å². The van der Waals surface area contributed by atoms with Crippen LogP contribution in [0.4, 0.5) is 11.4 Å². The molecule has 0 radical (unpaired) electrons. The summed E-state index contributed by atoms with van der Waals surface area (Å²) in [6.07, 6.45) is 0. The number of nitrogen functional groups attached to an aromatic ring is 2. The average molecular weight is 248 g/mol. The molecule has 0 fully saturated rings. The van der Waals surface area contributed by atoms with Crippen molar-refractivity contribution in [1.29, 1.82) is 0 Å². The molecule has 0 heterocycles. The minimum Gasteiger partial charge on any atom is -0.506 e. The molecule has 0 aromatic heterocycles. The van der Waals surface area contributed by atoms with Crippen LogP contribution >= 0.6 is 8.58 Å². The van der Waals surface area contributed by atoms with Crippen molar-refractivity contribution in [2.45, 2.75) is 0 Å². The Labute approximate surface area is 101 Å². The standard InChI is InChI=1S/C12H13N2O2P/c13-9-5-7(1-3-11(9)15)17-8-2-4-12(16)10(14)6-8/h1-6,15-17H,13-14H2. The van der Waals surface area contributed by atoms with Crippen LogP contribution in [0.5, 0.6) is 11.5 Å². The van der Waals surface area contributed by atoms with E-state index in [1.807, 2.05) is 12.1 Å². The van der Waals surface area contributed by atoms with Crippen molar-refractivity contribution in [3.8, 4) is 11.5 Å². The second-order valence-electron chi connectivity index (χ2n) is 3.67. The molecule has 4 nitrogen and oxygen atoms in total. The topological polar surface area (TPSA) is 92.5 Å². The van der Waals surface area contributed by atoms with Crippen LogP contribution in [0, 0.1) is 0 Å². The van der Waals surface area contributed by atoms with Crippen molar-refractivity contribution in [3.05, 3.63) is 36.4 Å². The fraction of sp³-hybridized carbons (Fsp3) is 0. The van der Waals surface area contributed by atoms with Gasteiger partial charge in [-0.05, 0) is 34.9 Å². The molecule has 0 aliphatic rings. The van der Waals surface area contributed by atoms with Gasteiger partial charge in [-0.15, -0.1) is 0 Å². The zero-order chi connectivity index (χ0) is 12.4. The van der Waals surface area contributed by atoms with Crippen LogP contribution in [0.3, 0.4) is 0 Å². The van der Waals surface area contributed by atoms with Crippen molar-refractivity contribution < 1.29 is 10.2 Å². The summed E-state index contributed by atoms with van der Waals surface area (Å²) in [6, 6.07) is 10.2. The molecule has 0 saturated heterocycles. The predicted molar refractivity (Wildman–Crippen MR) is 72.6 cm³/mol. The zero-order valence-electron chi connectivity index (χ0n) is 9.01. The largest absolute Gasteiger partial charge is 0.506 e. The van der Waals surface area contributed by atoms with Gasteiger partial charge in [-0.1, -0.05) is 20.7 Å². The number of aromatic hydroxyl groups is 2. The summed E-state index contributed by atoms with van der Waals surface area (Å²) >= 11 is 0. The molecule has 0 aliphatic heterocycles. The number of hydrogen-bond donors (Lipinski definition) is 4. The van der Waals surface area contributed by atoms with Crippen LogP contribution in [-0.4, -0.2) is 10.2 Å². The first kappa shape index (κ1) is 11.6. The monoisotopic (exact) mass is 248 g/mol. The lowest BCUT2D eigenvalue weighted by atomic mass is 10.3. The van der Waals surface area contributed by atoms with E-state index in [-0.39, 0.29) is 11.5 Å². The summed E-state index contributed by atoms with van der Waals surface area (Å²) in [5.41, 5.74) is 12.0. The highest BCUT2D eigenvalue weighted by atomic mass is 31.1. The summed E-state index contributed by atoms with van der Waals surface area (Å²) < 4.78 is 0. The van der Waals surface area contributed by atoms with Crippen molar-refractivity contribution in [3.63, 3.8) is 0 Å². The predicted octanol–water partition coefficient (Wildman–Crippen LogP) is 0.892. The van der Waals surface area contributed by atoms with Gasteiger partial charge < -0.3 is 21.7 Å². The fourth-order valence-electron chi connectivity index (χ4n) is 1.43. The minimum atomic E-state index is 0.0868. The Bertz CT molecular complexity index is 509. The Hall–Kier alpha value is -1.93. The van der Waals surface area contributed by atoms with Gasteiger partial charge in [-0.2, -0.15) is 0 Å². The van der Waals surface area contributed by atoms with E-state index in [1.165, 1.54) is 0 Å². The lowest BCUT2D eigenvalue weighted by Gasteiger charge is -2.06. The maximum atomic E-state index is 9.32. The first-order valence-corrected chi connectivity index (χ1v) is 6.00. The second kappa shape index (κ2) is 4.52. The van der Waals surface area contributed by atoms with Gasteiger partial charge in [0.1, 0.15) is 11.5 Å². The van der Waals surface area contributed by atoms with E-state index in [0.29, 0.717) is 20.0 Å². The summed E-state index contributed by atoms with van der Waals surface area (Å²) in [7, 11) is 0.380. The molecule has 2 rings (SSSR count). The molecule has 5 heteroatoms. The highest BCUT2D eigenvalue weighted by Crippen LogP contribution is 2.23. The Balaban J connectivity index is 2.25.